The first-order chi connectivity index (χ1) is 17.4. The highest BCUT2D eigenvalue weighted by atomic mass is 35.5. The topological polar surface area (TPSA) is 68.9 Å². The zero-order valence-electron chi connectivity index (χ0n) is 19.2. The molecule has 5 rings (SSSR count). The van der Waals surface area contributed by atoms with Crippen LogP contribution in [0.4, 0.5) is 19.0 Å². The van der Waals surface area contributed by atoms with E-state index >= 15 is 0 Å². The van der Waals surface area contributed by atoms with E-state index in [0.717, 1.165) is 29.0 Å². The van der Waals surface area contributed by atoms with Crippen LogP contribution in [-0.2, 0) is 23.6 Å². The maximum atomic E-state index is 14.7. The first-order valence-electron chi connectivity index (χ1n) is 10.7. The third-order valence-corrected chi connectivity index (χ3v) is 9.45. The van der Waals surface area contributed by atoms with Crippen molar-refractivity contribution >= 4 is 61.3 Å². The maximum Gasteiger partial charge on any atom is 0.272 e. The van der Waals surface area contributed by atoms with E-state index in [1.165, 1.54) is 42.1 Å². The van der Waals surface area contributed by atoms with E-state index in [2.05, 4.69) is 9.82 Å². The van der Waals surface area contributed by atoms with E-state index in [0.29, 0.717) is 27.7 Å². The fraction of sp³-hybridized carbons (Fsp3) is 0.125. The number of nitrogens with zero attached hydrogens (tertiary/aromatic N) is 3. The summed E-state index contributed by atoms with van der Waals surface area (Å²) in [7, 11) is -2.48. The summed E-state index contributed by atoms with van der Waals surface area (Å²) in [5.74, 6) is -2.29. The normalized spacial score (nSPS) is 12.0. The van der Waals surface area contributed by atoms with E-state index in [-0.39, 0.29) is 25.9 Å². The molecule has 2 aromatic carbocycles. The predicted octanol–water partition coefficient (Wildman–Crippen LogP) is 6.98. The number of benzene rings is 2. The van der Waals surface area contributed by atoms with Crippen LogP contribution < -0.4 is 4.72 Å². The van der Waals surface area contributed by atoms with E-state index in [9.17, 15) is 21.6 Å². The van der Waals surface area contributed by atoms with E-state index < -0.39 is 27.5 Å². The predicted molar refractivity (Wildman–Crippen MR) is 139 cm³/mol. The number of hydrogen-bond acceptors (Lipinski definition) is 4. The maximum absolute atomic E-state index is 14.7. The molecule has 5 aromatic rings. The van der Waals surface area contributed by atoms with E-state index in [1.807, 2.05) is 6.92 Å². The fourth-order valence-corrected chi connectivity index (χ4v) is 7.03. The number of anilines is 1. The third-order valence-electron chi connectivity index (χ3n) is 5.76. The molecule has 0 saturated heterocycles. The Balaban J connectivity index is 1.58. The van der Waals surface area contributed by atoms with Crippen LogP contribution >= 0.6 is 34.5 Å². The summed E-state index contributed by atoms with van der Waals surface area (Å²) in [6.07, 6.45) is 1.78. The number of nitrogens with one attached hydrogen (secondary N) is 1. The van der Waals surface area contributed by atoms with Gasteiger partial charge in [-0.3, -0.25) is 9.40 Å². The minimum atomic E-state index is -4.02. The molecule has 0 unspecified atom stereocenters. The zero-order valence-corrected chi connectivity index (χ0v) is 22.3. The second kappa shape index (κ2) is 9.39. The van der Waals surface area contributed by atoms with Gasteiger partial charge in [-0.25, -0.2) is 21.6 Å². The van der Waals surface area contributed by atoms with Crippen molar-refractivity contribution in [3.8, 4) is 11.3 Å². The van der Waals surface area contributed by atoms with Crippen LogP contribution in [0.2, 0.25) is 9.36 Å². The standard InChI is InChI=1S/C24H17Cl2F3N4O2S2/c1-12-10-33(11-13-3-4-18(28)19(29)5-13)23-15(12)6-14(27)7-16(23)20-9-21(32(2)30-20)31-37(34,35)22-8-17(25)24(26)36-22/h3-10,31H,11H2,1-2H3. The molecule has 3 aromatic heterocycles. The summed E-state index contributed by atoms with van der Waals surface area (Å²) < 4.78 is 73.3. The number of fused-ring (bicyclic) bond motifs is 1. The average Bonchev–Trinajstić information content (AvgIpc) is 3.46. The number of hydrogen-bond donors (Lipinski definition) is 1. The van der Waals surface area contributed by atoms with Crippen molar-refractivity contribution in [1.82, 2.24) is 14.3 Å². The van der Waals surface area contributed by atoms with Gasteiger partial charge in [-0.2, -0.15) is 5.10 Å². The molecule has 0 spiro atoms. The molecule has 1 N–H and O–H groups in total. The molecule has 0 bridgehead atoms. The van der Waals surface area contributed by atoms with Crippen molar-refractivity contribution in [2.45, 2.75) is 17.7 Å². The van der Waals surface area contributed by atoms with Crippen molar-refractivity contribution in [2.75, 3.05) is 4.72 Å². The average molecular weight is 585 g/mol. The molecule has 0 atom stereocenters. The van der Waals surface area contributed by atoms with Gasteiger partial charge in [-0.1, -0.05) is 29.3 Å². The van der Waals surface area contributed by atoms with Crippen molar-refractivity contribution < 1.29 is 21.6 Å². The number of halogens is 5. The lowest BCUT2D eigenvalue weighted by Gasteiger charge is -2.10. The Morgan fingerprint density at radius 3 is 2.49 bits per heavy atom. The molecule has 0 radical (unpaired) electrons. The Morgan fingerprint density at radius 2 is 1.81 bits per heavy atom. The van der Waals surface area contributed by atoms with Gasteiger partial charge in [-0.15, -0.1) is 11.3 Å². The van der Waals surface area contributed by atoms with Crippen LogP contribution in [0.1, 0.15) is 11.1 Å². The van der Waals surface area contributed by atoms with Gasteiger partial charge in [0.25, 0.3) is 10.0 Å². The summed E-state index contributed by atoms with van der Waals surface area (Å²) in [5, 5.41) is 5.13. The number of rotatable bonds is 6. The van der Waals surface area contributed by atoms with Gasteiger partial charge in [-0.05, 0) is 48.4 Å². The number of sulfonamides is 1. The Labute approximate surface area is 223 Å². The summed E-state index contributed by atoms with van der Waals surface area (Å²) in [6.45, 7) is 1.99. The summed E-state index contributed by atoms with van der Waals surface area (Å²) in [6, 6.07) is 9.03. The lowest BCUT2D eigenvalue weighted by atomic mass is 10.1. The van der Waals surface area contributed by atoms with Gasteiger partial charge >= 0.3 is 0 Å². The molecule has 37 heavy (non-hydrogen) atoms. The first-order valence-corrected chi connectivity index (χ1v) is 13.7. The molecule has 0 aliphatic rings. The van der Waals surface area contributed by atoms with Gasteiger partial charge in [0.1, 0.15) is 20.2 Å². The molecule has 3 heterocycles. The van der Waals surface area contributed by atoms with Crippen molar-refractivity contribution in [3.63, 3.8) is 0 Å². The van der Waals surface area contributed by atoms with E-state index in [4.69, 9.17) is 23.2 Å². The number of aromatic nitrogens is 3. The molecular weight excluding hydrogens is 568 g/mol. The highest BCUT2D eigenvalue weighted by molar-refractivity contribution is 7.94. The van der Waals surface area contributed by atoms with E-state index in [1.54, 1.807) is 10.8 Å². The van der Waals surface area contributed by atoms with Crippen LogP contribution in [0.3, 0.4) is 0 Å². The summed E-state index contributed by atoms with van der Waals surface area (Å²) in [4.78, 5) is 0. The largest absolute Gasteiger partial charge is 0.342 e. The fourth-order valence-electron chi connectivity index (χ4n) is 4.07. The Kier molecular flexibility index (Phi) is 6.51. The molecule has 13 heteroatoms. The summed E-state index contributed by atoms with van der Waals surface area (Å²) in [5.41, 5.74) is 2.58. The van der Waals surface area contributed by atoms with Crippen molar-refractivity contribution in [2.24, 2.45) is 7.05 Å². The first kappa shape index (κ1) is 25.7. The van der Waals surface area contributed by atoms with Crippen LogP contribution in [0.15, 0.2) is 52.9 Å². The molecular formula is C24H17Cl2F3N4O2S2. The Morgan fingerprint density at radius 1 is 1.05 bits per heavy atom. The number of aryl methyl sites for hydroxylation is 2. The van der Waals surface area contributed by atoms with Crippen LogP contribution in [0.25, 0.3) is 22.2 Å². The lowest BCUT2D eigenvalue weighted by Crippen LogP contribution is -2.14. The third kappa shape index (κ3) is 4.84. The lowest BCUT2D eigenvalue weighted by molar-refractivity contribution is 0.506. The SMILES string of the molecule is Cc1cn(Cc2ccc(F)c(F)c2)c2c(-c3cc(NS(=O)(=O)c4cc(Cl)c(Cl)s4)n(C)n3)cc(F)cc12. The smallest absolute Gasteiger partial charge is 0.272 e. The Bertz CT molecular complexity index is 1780. The second-order valence-corrected chi connectivity index (χ2v) is 12.3. The van der Waals surface area contributed by atoms with Gasteiger partial charge in [0.15, 0.2) is 11.6 Å². The van der Waals surface area contributed by atoms with Gasteiger partial charge < -0.3 is 4.57 Å². The minimum Gasteiger partial charge on any atom is -0.342 e. The molecule has 192 valence electrons. The molecule has 0 aliphatic heterocycles. The molecule has 0 aliphatic carbocycles. The Hall–Kier alpha value is -2.99. The van der Waals surface area contributed by atoms with Gasteiger partial charge in [0.05, 0.1) is 16.2 Å². The molecule has 0 amide bonds. The van der Waals surface area contributed by atoms with Gasteiger partial charge in [0, 0.05) is 36.8 Å². The quantitative estimate of drug-likeness (QED) is 0.234. The monoisotopic (exact) mass is 584 g/mol. The molecule has 0 fully saturated rings. The molecule has 6 nitrogen and oxygen atoms in total. The summed E-state index contributed by atoms with van der Waals surface area (Å²) >= 11 is 12.6. The van der Waals surface area contributed by atoms with Gasteiger partial charge in [0.2, 0.25) is 0 Å². The van der Waals surface area contributed by atoms with Crippen LogP contribution in [0.5, 0.6) is 0 Å². The highest BCUT2D eigenvalue weighted by Gasteiger charge is 2.23. The molecule has 0 saturated carbocycles. The number of thiophene rings is 1. The van der Waals surface area contributed by atoms with Crippen molar-refractivity contribution in [1.29, 1.82) is 0 Å². The van der Waals surface area contributed by atoms with Crippen LogP contribution in [0, 0.1) is 24.4 Å². The van der Waals surface area contributed by atoms with Crippen molar-refractivity contribution in [3.05, 3.63) is 86.6 Å². The minimum absolute atomic E-state index is 0.0746. The van der Waals surface area contributed by atoms with Crippen LogP contribution in [-0.4, -0.2) is 22.8 Å². The highest BCUT2D eigenvalue weighted by Crippen LogP contribution is 2.37. The second-order valence-electron chi connectivity index (χ2n) is 8.37. The zero-order chi connectivity index (χ0) is 26.6.